The van der Waals surface area contributed by atoms with E-state index in [2.05, 4.69) is 17.0 Å². The van der Waals surface area contributed by atoms with Gasteiger partial charge in [-0.05, 0) is 43.2 Å². The van der Waals surface area contributed by atoms with Crippen LogP contribution in [0.3, 0.4) is 0 Å². The molecular formula is C14H18F3NOS. The van der Waals surface area contributed by atoms with Gasteiger partial charge >= 0.3 is 6.36 Å². The van der Waals surface area contributed by atoms with Crippen LogP contribution in [0.1, 0.15) is 25.3 Å². The first-order valence-electron chi connectivity index (χ1n) is 6.56. The molecule has 1 N–H and O–H groups in total. The van der Waals surface area contributed by atoms with E-state index in [9.17, 15) is 13.2 Å². The van der Waals surface area contributed by atoms with Crippen LogP contribution < -0.4 is 10.1 Å². The van der Waals surface area contributed by atoms with Crippen LogP contribution in [0.5, 0.6) is 5.75 Å². The number of benzene rings is 1. The van der Waals surface area contributed by atoms with Gasteiger partial charge in [0.15, 0.2) is 0 Å². The molecule has 1 aromatic carbocycles. The molecule has 1 heterocycles. The standard InChI is InChI=1S/C14H18F3NOS/c1-13(6-3-7-20-13)10-18-9-11-4-2-5-12(8-11)19-14(15,16)17/h2,4-5,8,18H,3,6-7,9-10H2,1H3. The fraction of sp³-hybridized carbons (Fsp3) is 0.571. The summed E-state index contributed by atoms with van der Waals surface area (Å²) >= 11 is 1.95. The predicted octanol–water partition coefficient (Wildman–Crippen LogP) is 3.96. The zero-order valence-corrected chi connectivity index (χ0v) is 12.1. The number of rotatable bonds is 5. The van der Waals surface area contributed by atoms with E-state index in [1.807, 2.05) is 11.8 Å². The average molecular weight is 305 g/mol. The lowest BCUT2D eigenvalue weighted by Gasteiger charge is -2.23. The van der Waals surface area contributed by atoms with Crippen LogP contribution in [0.2, 0.25) is 0 Å². The Morgan fingerprint density at radius 1 is 1.40 bits per heavy atom. The maximum atomic E-state index is 12.1. The smallest absolute Gasteiger partial charge is 0.406 e. The molecule has 6 heteroatoms. The molecule has 1 saturated heterocycles. The van der Waals surface area contributed by atoms with Gasteiger partial charge in [0.25, 0.3) is 0 Å². The van der Waals surface area contributed by atoms with E-state index in [0.717, 1.165) is 12.1 Å². The minimum absolute atomic E-state index is 0.168. The second kappa shape index (κ2) is 6.26. The Labute approximate surface area is 121 Å². The van der Waals surface area contributed by atoms with Gasteiger partial charge in [-0.15, -0.1) is 13.2 Å². The van der Waals surface area contributed by atoms with E-state index < -0.39 is 6.36 Å². The molecule has 1 unspecified atom stereocenters. The highest BCUT2D eigenvalue weighted by Gasteiger charge is 2.31. The first-order chi connectivity index (χ1) is 9.36. The summed E-state index contributed by atoms with van der Waals surface area (Å²) in [6.45, 7) is 3.63. The van der Waals surface area contributed by atoms with Crippen molar-refractivity contribution in [3.05, 3.63) is 29.8 Å². The van der Waals surface area contributed by atoms with Crippen molar-refractivity contribution in [2.75, 3.05) is 12.3 Å². The van der Waals surface area contributed by atoms with Gasteiger partial charge < -0.3 is 10.1 Å². The van der Waals surface area contributed by atoms with Gasteiger partial charge in [-0.3, -0.25) is 0 Å². The van der Waals surface area contributed by atoms with Crippen molar-refractivity contribution in [3.8, 4) is 5.75 Å². The molecule has 0 bridgehead atoms. The summed E-state index contributed by atoms with van der Waals surface area (Å²) in [6, 6.07) is 6.10. The van der Waals surface area contributed by atoms with Gasteiger partial charge in [-0.25, -0.2) is 0 Å². The van der Waals surface area contributed by atoms with Gasteiger partial charge in [0.1, 0.15) is 5.75 Å². The average Bonchev–Trinajstić information content (AvgIpc) is 2.74. The number of nitrogens with one attached hydrogen (secondary N) is 1. The van der Waals surface area contributed by atoms with Gasteiger partial charge in [0, 0.05) is 17.8 Å². The van der Waals surface area contributed by atoms with Crippen LogP contribution >= 0.6 is 11.8 Å². The summed E-state index contributed by atoms with van der Waals surface area (Å²) in [4.78, 5) is 0. The molecule has 1 atom stereocenters. The fourth-order valence-electron chi connectivity index (χ4n) is 2.30. The predicted molar refractivity (Wildman–Crippen MR) is 74.9 cm³/mol. The van der Waals surface area contributed by atoms with Crippen LogP contribution in [-0.4, -0.2) is 23.4 Å². The summed E-state index contributed by atoms with van der Waals surface area (Å²) in [5.41, 5.74) is 0.790. The van der Waals surface area contributed by atoms with Crippen LogP contribution in [0.4, 0.5) is 13.2 Å². The Bertz CT molecular complexity index is 444. The highest BCUT2D eigenvalue weighted by molar-refractivity contribution is 8.00. The lowest BCUT2D eigenvalue weighted by Crippen LogP contribution is -2.32. The van der Waals surface area contributed by atoms with Crippen LogP contribution in [0.25, 0.3) is 0 Å². The van der Waals surface area contributed by atoms with Gasteiger partial charge in [0.2, 0.25) is 0 Å². The lowest BCUT2D eigenvalue weighted by molar-refractivity contribution is -0.274. The van der Waals surface area contributed by atoms with Crippen molar-refractivity contribution < 1.29 is 17.9 Å². The fourth-order valence-corrected chi connectivity index (χ4v) is 3.57. The molecule has 0 amide bonds. The quantitative estimate of drug-likeness (QED) is 0.889. The molecule has 1 aliphatic heterocycles. The van der Waals surface area contributed by atoms with E-state index in [1.54, 1.807) is 12.1 Å². The van der Waals surface area contributed by atoms with Gasteiger partial charge in [-0.2, -0.15) is 11.8 Å². The minimum atomic E-state index is -4.64. The Morgan fingerprint density at radius 3 is 2.85 bits per heavy atom. The molecule has 2 nitrogen and oxygen atoms in total. The third kappa shape index (κ3) is 4.90. The van der Waals surface area contributed by atoms with Crippen molar-refractivity contribution in [2.45, 2.75) is 37.4 Å². The maximum Gasteiger partial charge on any atom is 0.573 e. The van der Waals surface area contributed by atoms with Crippen molar-refractivity contribution in [2.24, 2.45) is 0 Å². The number of alkyl halides is 3. The highest BCUT2D eigenvalue weighted by atomic mass is 32.2. The van der Waals surface area contributed by atoms with Crippen molar-refractivity contribution >= 4 is 11.8 Å². The molecule has 20 heavy (non-hydrogen) atoms. The molecule has 0 aromatic heterocycles. The lowest BCUT2D eigenvalue weighted by atomic mass is 10.1. The summed E-state index contributed by atoms with van der Waals surface area (Å²) in [7, 11) is 0. The summed E-state index contributed by atoms with van der Waals surface area (Å²) in [5, 5.41) is 3.32. The monoisotopic (exact) mass is 305 g/mol. The Balaban J connectivity index is 1.85. The molecule has 1 aromatic rings. The van der Waals surface area contributed by atoms with Gasteiger partial charge in [0.05, 0.1) is 0 Å². The zero-order valence-electron chi connectivity index (χ0n) is 11.3. The molecule has 0 radical (unpaired) electrons. The Hall–Kier alpha value is -0.880. The molecule has 0 saturated carbocycles. The first-order valence-corrected chi connectivity index (χ1v) is 7.54. The van der Waals surface area contributed by atoms with E-state index in [-0.39, 0.29) is 10.5 Å². The van der Waals surface area contributed by atoms with E-state index in [0.29, 0.717) is 6.54 Å². The second-order valence-corrected chi connectivity index (χ2v) is 6.88. The number of halogens is 3. The Morgan fingerprint density at radius 2 is 2.20 bits per heavy atom. The second-order valence-electron chi connectivity index (χ2n) is 5.20. The molecular weight excluding hydrogens is 287 g/mol. The van der Waals surface area contributed by atoms with Gasteiger partial charge in [-0.1, -0.05) is 12.1 Å². The molecule has 2 rings (SSSR count). The summed E-state index contributed by atoms with van der Waals surface area (Å²) < 4.78 is 40.6. The molecule has 0 aliphatic carbocycles. The maximum absolute atomic E-state index is 12.1. The molecule has 1 fully saturated rings. The number of hydrogen-bond donors (Lipinski definition) is 1. The number of hydrogen-bond acceptors (Lipinski definition) is 3. The first kappa shape index (κ1) is 15.5. The normalized spacial score (nSPS) is 23.0. The molecule has 1 aliphatic rings. The summed E-state index contributed by atoms with van der Waals surface area (Å²) in [6.07, 6.45) is -2.22. The SMILES string of the molecule is CC1(CNCc2cccc(OC(F)(F)F)c2)CCCS1. The van der Waals surface area contributed by atoms with Crippen LogP contribution in [-0.2, 0) is 6.54 Å². The van der Waals surface area contributed by atoms with E-state index in [1.165, 1.54) is 30.7 Å². The number of thioether (sulfide) groups is 1. The topological polar surface area (TPSA) is 21.3 Å². The molecule has 0 spiro atoms. The highest BCUT2D eigenvalue weighted by Crippen LogP contribution is 2.37. The van der Waals surface area contributed by atoms with Crippen molar-refractivity contribution in [1.82, 2.24) is 5.32 Å². The van der Waals surface area contributed by atoms with Crippen molar-refractivity contribution in [3.63, 3.8) is 0 Å². The number of ether oxygens (including phenoxy) is 1. The van der Waals surface area contributed by atoms with E-state index in [4.69, 9.17) is 0 Å². The zero-order chi connectivity index (χ0) is 14.6. The molecule has 112 valence electrons. The van der Waals surface area contributed by atoms with Crippen molar-refractivity contribution in [1.29, 1.82) is 0 Å². The van der Waals surface area contributed by atoms with E-state index >= 15 is 0 Å². The third-order valence-electron chi connectivity index (χ3n) is 3.26. The minimum Gasteiger partial charge on any atom is -0.406 e. The Kier molecular flexibility index (Phi) is 4.86. The van der Waals surface area contributed by atoms with Crippen LogP contribution in [0.15, 0.2) is 24.3 Å². The third-order valence-corrected chi connectivity index (χ3v) is 4.80. The summed E-state index contributed by atoms with van der Waals surface area (Å²) in [5.74, 6) is 1.02. The largest absolute Gasteiger partial charge is 0.573 e. The van der Waals surface area contributed by atoms with Crippen LogP contribution in [0, 0.1) is 0 Å².